The summed E-state index contributed by atoms with van der Waals surface area (Å²) < 4.78 is 44.7. The quantitative estimate of drug-likeness (QED) is 0.291. The minimum absolute atomic E-state index is 0.101. The Morgan fingerprint density at radius 1 is 1.03 bits per heavy atom. The Morgan fingerprint density at radius 2 is 1.75 bits per heavy atom. The number of rotatable bonds is 5. The molecule has 8 nitrogen and oxygen atoms in total. The molecule has 3 heterocycles. The molecule has 162 valence electrons. The molecule has 0 aliphatic heterocycles. The maximum atomic E-state index is 12.7. The summed E-state index contributed by atoms with van der Waals surface area (Å²) in [7, 11) is 0. The van der Waals surface area contributed by atoms with Crippen molar-refractivity contribution in [2.24, 2.45) is 4.99 Å². The van der Waals surface area contributed by atoms with E-state index in [-0.39, 0.29) is 11.6 Å². The molecule has 11 heteroatoms. The molecule has 3 aromatic heterocycles. The Bertz CT molecular complexity index is 1220. The minimum atomic E-state index is -4.57. The van der Waals surface area contributed by atoms with Gasteiger partial charge < -0.3 is 10.4 Å². The standard InChI is InChI=1S/C21H15F3N6O2/c22-21(23,24)17-9-18(11-26-10-17)27-20(31)28-19-13-30(29-32-19)12-14-1-3-15(4-2-14)16-5-7-25-8-6-16/h1-11,13H,12H2,(H-,27,28,29,31). The fourth-order valence-corrected chi connectivity index (χ4v) is 2.84. The third-order valence-corrected chi connectivity index (χ3v) is 4.34. The first-order valence-electron chi connectivity index (χ1n) is 9.27. The van der Waals surface area contributed by atoms with Crippen LogP contribution in [-0.4, -0.2) is 21.3 Å². The zero-order valence-corrected chi connectivity index (χ0v) is 16.3. The van der Waals surface area contributed by atoms with Gasteiger partial charge in [0.25, 0.3) is 6.20 Å². The van der Waals surface area contributed by atoms with Crippen molar-refractivity contribution in [1.29, 1.82) is 0 Å². The molecule has 0 spiro atoms. The molecule has 0 bridgehead atoms. The van der Waals surface area contributed by atoms with E-state index in [0.717, 1.165) is 29.0 Å². The number of nitrogens with one attached hydrogen (secondary N) is 1. The number of aromatic nitrogens is 4. The summed E-state index contributed by atoms with van der Waals surface area (Å²) in [5.41, 5.74) is 1.90. The number of pyridine rings is 2. The number of anilines is 1. The maximum Gasteiger partial charge on any atom is 0.417 e. The molecular weight excluding hydrogens is 425 g/mol. The molecular formula is C21H15F3N6O2. The summed E-state index contributed by atoms with van der Waals surface area (Å²) >= 11 is 0. The van der Waals surface area contributed by atoms with Gasteiger partial charge in [0.15, 0.2) is 0 Å². The highest BCUT2D eigenvalue weighted by Crippen LogP contribution is 2.29. The van der Waals surface area contributed by atoms with Crippen LogP contribution in [0.1, 0.15) is 11.1 Å². The van der Waals surface area contributed by atoms with Gasteiger partial charge in [-0.05, 0) is 34.0 Å². The van der Waals surface area contributed by atoms with Crippen LogP contribution in [0, 0.1) is 0 Å². The smallest absolute Gasteiger partial charge is 0.417 e. The molecule has 0 atom stereocenters. The highest BCUT2D eigenvalue weighted by Gasteiger charge is 2.31. The fraction of sp³-hybridized carbons (Fsp3) is 0.0952. The van der Waals surface area contributed by atoms with Crippen LogP contribution in [0.15, 0.2) is 83.0 Å². The highest BCUT2D eigenvalue weighted by molar-refractivity contribution is 5.86. The molecule has 0 unspecified atom stereocenters. The van der Waals surface area contributed by atoms with Gasteiger partial charge in [-0.25, -0.2) is 4.99 Å². The molecule has 4 rings (SSSR count). The minimum Gasteiger partial charge on any atom is -0.846 e. The molecule has 0 aliphatic rings. The van der Waals surface area contributed by atoms with Crippen molar-refractivity contribution in [3.63, 3.8) is 0 Å². The van der Waals surface area contributed by atoms with E-state index in [9.17, 15) is 18.3 Å². The van der Waals surface area contributed by atoms with Gasteiger partial charge in [0.1, 0.15) is 0 Å². The van der Waals surface area contributed by atoms with E-state index in [4.69, 9.17) is 4.52 Å². The van der Waals surface area contributed by atoms with Crippen molar-refractivity contribution in [2.75, 3.05) is 5.32 Å². The van der Waals surface area contributed by atoms with Crippen LogP contribution in [0.2, 0.25) is 0 Å². The number of benzene rings is 1. The lowest BCUT2D eigenvalue weighted by Gasteiger charge is -2.13. The Hall–Kier alpha value is -4.28. The van der Waals surface area contributed by atoms with E-state index in [1.54, 1.807) is 12.4 Å². The zero-order valence-electron chi connectivity index (χ0n) is 16.3. The largest absolute Gasteiger partial charge is 0.846 e. The van der Waals surface area contributed by atoms with Gasteiger partial charge in [-0.1, -0.05) is 24.3 Å². The van der Waals surface area contributed by atoms with Crippen molar-refractivity contribution >= 4 is 17.6 Å². The van der Waals surface area contributed by atoms with Crippen LogP contribution in [0.25, 0.3) is 11.1 Å². The first kappa shape index (κ1) is 21.0. The fourth-order valence-electron chi connectivity index (χ4n) is 2.84. The van der Waals surface area contributed by atoms with E-state index < -0.39 is 17.8 Å². The number of halogens is 3. The van der Waals surface area contributed by atoms with Crippen LogP contribution in [0.3, 0.4) is 0 Å². The van der Waals surface area contributed by atoms with Crippen LogP contribution in [-0.2, 0) is 12.7 Å². The van der Waals surface area contributed by atoms with Gasteiger partial charge in [-0.2, -0.15) is 13.2 Å². The number of hydrogen-bond acceptors (Lipinski definition) is 6. The van der Waals surface area contributed by atoms with Crippen molar-refractivity contribution in [3.8, 4) is 11.1 Å². The van der Waals surface area contributed by atoms with E-state index >= 15 is 0 Å². The zero-order chi connectivity index (χ0) is 22.6. The molecule has 0 saturated carbocycles. The van der Waals surface area contributed by atoms with E-state index in [2.05, 4.69) is 25.5 Å². The molecule has 1 aromatic carbocycles. The monoisotopic (exact) mass is 440 g/mol. The predicted molar refractivity (Wildman–Crippen MR) is 105 cm³/mol. The van der Waals surface area contributed by atoms with E-state index in [1.165, 1.54) is 10.9 Å². The van der Waals surface area contributed by atoms with Crippen molar-refractivity contribution in [3.05, 3.63) is 84.6 Å². The lowest BCUT2D eigenvalue weighted by atomic mass is 10.1. The summed E-state index contributed by atoms with van der Waals surface area (Å²) in [4.78, 5) is 11.1. The average Bonchev–Trinajstić information content (AvgIpc) is 3.21. The van der Waals surface area contributed by atoms with Crippen molar-refractivity contribution in [1.82, 2.24) is 15.2 Å². The second-order valence-corrected chi connectivity index (χ2v) is 6.67. The second kappa shape index (κ2) is 8.84. The van der Waals surface area contributed by atoms with Gasteiger partial charge in [-0.15, -0.1) is 0 Å². The summed E-state index contributed by atoms with van der Waals surface area (Å²) in [6, 6.07) is 11.5. The Balaban J connectivity index is 1.41. The molecule has 1 N–H and O–H groups in total. The number of amidine groups is 1. The molecule has 0 aliphatic carbocycles. The predicted octanol–water partition coefficient (Wildman–Crippen LogP) is 2.95. The lowest BCUT2D eigenvalue weighted by molar-refractivity contribution is -0.754. The molecule has 0 saturated heterocycles. The Kier molecular flexibility index (Phi) is 5.79. The summed E-state index contributed by atoms with van der Waals surface area (Å²) in [6.07, 6.45) is 2.02. The van der Waals surface area contributed by atoms with Gasteiger partial charge >= 0.3 is 12.1 Å². The van der Waals surface area contributed by atoms with E-state index in [0.29, 0.717) is 12.7 Å². The number of alkyl halides is 3. The molecule has 0 fully saturated rings. The van der Waals surface area contributed by atoms with Crippen LogP contribution in [0.4, 0.5) is 24.7 Å². The first-order valence-corrected chi connectivity index (χ1v) is 9.27. The Labute approximate surface area is 179 Å². The Morgan fingerprint density at radius 3 is 2.47 bits per heavy atom. The molecule has 0 radical (unpaired) electrons. The highest BCUT2D eigenvalue weighted by atomic mass is 19.4. The second-order valence-electron chi connectivity index (χ2n) is 6.67. The third kappa shape index (κ3) is 5.25. The maximum absolute atomic E-state index is 12.7. The SMILES string of the molecule is [O-]C(=Nc1c[n+](Cc2ccc(-c3ccncc3)cc2)no1)Nc1cncc(C(F)(F)F)c1. The number of aliphatic imine (C=N–C) groups is 1. The summed E-state index contributed by atoms with van der Waals surface area (Å²) in [5.74, 6) is -0.101. The lowest BCUT2D eigenvalue weighted by Crippen LogP contribution is -2.35. The topological polar surface area (TPSA) is 103 Å². The van der Waals surface area contributed by atoms with Crippen LogP contribution >= 0.6 is 0 Å². The van der Waals surface area contributed by atoms with Gasteiger partial charge in [0.05, 0.1) is 23.5 Å². The van der Waals surface area contributed by atoms with Crippen molar-refractivity contribution in [2.45, 2.75) is 12.7 Å². The van der Waals surface area contributed by atoms with E-state index in [1.807, 2.05) is 36.4 Å². The molecule has 4 aromatic rings. The summed E-state index contributed by atoms with van der Waals surface area (Å²) in [5, 5.41) is 18.0. The van der Waals surface area contributed by atoms with Gasteiger partial charge in [-0.3, -0.25) is 14.5 Å². The molecule has 0 amide bonds. The number of hydrogen-bond donors (Lipinski definition) is 1. The normalized spacial score (nSPS) is 12.0. The third-order valence-electron chi connectivity index (χ3n) is 4.34. The first-order chi connectivity index (χ1) is 15.4. The van der Waals surface area contributed by atoms with Gasteiger partial charge in [0.2, 0.25) is 11.8 Å². The van der Waals surface area contributed by atoms with Gasteiger partial charge in [0, 0.05) is 24.2 Å². The average molecular weight is 440 g/mol. The van der Waals surface area contributed by atoms with Crippen LogP contribution < -0.4 is 15.1 Å². The number of nitrogens with zero attached hydrogens (tertiary/aromatic N) is 5. The van der Waals surface area contributed by atoms with Crippen molar-refractivity contribution < 1.29 is 27.5 Å². The van der Waals surface area contributed by atoms with Crippen LogP contribution in [0.5, 0.6) is 0 Å². The summed E-state index contributed by atoms with van der Waals surface area (Å²) in [6.45, 7) is 0.370. The molecule has 32 heavy (non-hydrogen) atoms.